The Kier molecular flexibility index (Phi) is 14.1. The number of carbonyl (C=O) groups excluding carboxylic acids is 6. The number of ether oxygens (including phenoxy) is 3. The molecule has 0 amide bonds. The van der Waals surface area contributed by atoms with E-state index in [4.69, 9.17) is 14.2 Å². The van der Waals surface area contributed by atoms with Crippen LogP contribution in [0.25, 0.3) is 0 Å². The summed E-state index contributed by atoms with van der Waals surface area (Å²) in [5, 5.41) is 106. The fourth-order valence-corrected chi connectivity index (χ4v) is 9.83. The van der Waals surface area contributed by atoms with E-state index < -0.39 is 128 Å². The summed E-state index contributed by atoms with van der Waals surface area (Å²) in [6.07, 6.45) is -21.6. The van der Waals surface area contributed by atoms with Gasteiger partial charge in [-0.05, 0) is 0 Å². The molecule has 6 aromatic carbocycles. The van der Waals surface area contributed by atoms with E-state index in [1.54, 1.807) is 0 Å². The van der Waals surface area contributed by atoms with Gasteiger partial charge in [0, 0.05) is 40.5 Å². The molecular weight excluding hydrogens is 933 g/mol. The zero-order chi connectivity index (χ0) is 51.8. The number of hydrogen-bond acceptors (Lipinski definition) is 17. The van der Waals surface area contributed by atoms with Crippen LogP contribution in [0.4, 0.5) is 0 Å². The van der Waals surface area contributed by atoms with E-state index in [0.717, 1.165) is 55.6 Å². The average molecular weight is 981 g/mol. The smallest absolute Gasteiger partial charge is 0.213 e. The van der Waals surface area contributed by atoms with Gasteiger partial charge in [-0.2, -0.15) is 0 Å². The van der Waals surface area contributed by atoms with E-state index in [1.165, 1.54) is 133 Å². The molecular formula is C55H48O17. The van der Waals surface area contributed by atoms with Crippen LogP contribution < -0.4 is 0 Å². The summed E-state index contributed by atoms with van der Waals surface area (Å²) < 4.78 is 17.9. The Morgan fingerprint density at radius 2 is 0.736 bits per heavy atom. The number of Topliss-reactive ketones (excluding diaryl/α,β-unsaturated/α-hetero) is 6. The predicted octanol–water partition coefficient (Wildman–Crippen LogP) is 2.16. The second kappa shape index (κ2) is 19.8. The van der Waals surface area contributed by atoms with Crippen molar-refractivity contribution in [1.82, 2.24) is 0 Å². The minimum absolute atomic E-state index is 0.283. The van der Waals surface area contributed by atoms with Crippen molar-refractivity contribution in [3.63, 3.8) is 0 Å². The topological polar surface area (TPSA) is 292 Å². The molecule has 8 rings (SSSR count). The number of hydrogen-bond donors (Lipinski definition) is 8. The summed E-state index contributed by atoms with van der Waals surface area (Å²) in [5.74, 6) is -9.62. The van der Waals surface area contributed by atoms with Gasteiger partial charge in [0.1, 0.15) is 36.6 Å². The van der Waals surface area contributed by atoms with E-state index in [0.29, 0.717) is 0 Å². The number of rotatable bonds is 16. The molecule has 2 unspecified atom stereocenters. The Morgan fingerprint density at radius 3 is 1.10 bits per heavy atom. The van der Waals surface area contributed by atoms with Gasteiger partial charge in [-0.15, -0.1) is 0 Å². The first-order valence-corrected chi connectivity index (χ1v) is 22.4. The van der Waals surface area contributed by atoms with E-state index in [1.807, 2.05) is 0 Å². The first-order chi connectivity index (χ1) is 34.4. The minimum atomic E-state index is -4.63. The Bertz CT molecular complexity index is 2960. The van der Waals surface area contributed by atoms with Gasteiger partial charge in [0.25, 0.3) is 0 Å². The third-order valence-corrected chi connectivity index (χ3v) is 13.5. The lowest BCUT2D eigenvalue weighted by Crippen LogP contribution is -2.94. The van der Waals surface area contributed by atoms with Crippen molar-refractivity contribution in [2.24, 2.45) is 0 Å². The van der Waals surface area contributed by atoms with Crippen LogP contribution in [0.15, 0.2) is 182 Å². The van der Waals surface area contributed by atoms with Gasteiger partial charge < -0.3 is 55.1 Å². The molecule has 0 saturated carbocycles. The Balaban J connectivity index is 1.52. The molecule has 2 heterocycles. The number of methoxy groups -OCH3 is 1. The first-order valence-electron chi connectivity index (χ1n) is 22.4. The summed E-state index contributed by atoms with van der Waals surface area (Å²) in [7, 11) is 0.792. The van der Waals surface area contributed by atoms with Crippen molar-refractivity contribution in [1.29, 1.82) is 0 Å². The van der Waals surface area contributed by atoms with E-state index in [9.17, 15) is 55.2 Å². The van der Waals surface area contributed by atoms with Gasteiger partial charge >= 0.3 is 0 Å². The molecule has 0 aromatic heterocycles. The van der Waals surface area contributed by atoms with Gasteiger partial charge in [0.15, 0.2) is 57.6 Å². The highest BCUT2D eigenvalue weighted by atomic mass is 16.7. The highest BCUT2D eigenvalue weighted by Gasteiger charge is 2.87. The fourth-order valence-electron chi connectivity index (χ4n) is 9.83. The first kappa shape index (κ1) is 51.3. The van der Waals surface area contributed by atoms with Crippen LogP contribution in [0.1, 0.15) is 62.1 Å². The van der Waals surface area contributed by atoms with Crippen LogP contribution in [-0.2, 0) is 14.2 Å². The molecule has 12 atom stereocenters. The largest absolute Gasteiger partial charge is 0.386 e. The number of benzene rings is 6. The lowest BCUT2D eigenvalue weighted by atomic mass is 9.52. The highest BCUT2D eigenvalue weighted by molar-refractivity contribution is 6.12. The molecule has 17 nitrogen and oxygen atoms in total. The van der Waals surface area contributed by atoms with E-state index in [-0.39, 0.29) is 11.1 Å². The monoisotopic (exact) mass is 980 g/mol. The zero-order valence-electron chi connectivity index (χ0n) is 38.1. The number of ketones is 6. The molecule has 6 aromatic rings. The van der Waals surface area contributed by atoms with Crippen molar-refractivity contribution in [2.45, 2.75) is 70.9 Å². The maximum Gasteiger partial charge on any atom is 0.213 e. The summed E-state index contributed by atoms with van der Waals surface area (Å²) in [5.41, 5.74) is -24.2. The molecule has 72 heavy (non-hydrogen) atoms. The normalized spacial score (nSPS) is 30.0. The van der Waals surface area contributed by atoms with Crippen molar-refractivity contribution in [2.75, 3.05) is 7.11 Å². The fraction of sp³-hybridized carbons (Fsp3) is 0.236. The molecule has 0 spiro atoms. The van der Waals surface area contributed by atoms with Crippen LogP contribution in [0, 0.1) is 0 Å². The van der Waals surface area contributed by atoms with Gasteiger partial charge in [0.2, 0.25) is 11.4 Å². The maximum absolute atomic E-state index is 15.7. The second-order valence-corrected chi connectivity index (χ2v) is 17.5. The molecule has 2 aliphatic heterocycles. The summed E-state index contributed by atoms with van der Waals surface area (Å²) in [6.45, 7) is 0. The molecule has 2 aliphatic rings. The summed E-state index contributed by atoms with van der Waals surface area (Å²) in [4.78, 5) is 90.5. The predicted molar refractivity (Wildman–Crippen MR) is 252 cm³/mol. The molecule has 2 fully saturated rings. The molecule has 370 valence electrons. The van der Waals surface area contributed by atoms with E-state index >= 15 is 14.4 Å². The van der Waals surface area contributed by atoms with Crippen molar-refractivity contribution in [3.8, 4) is 0 Å². The molecule has 2 saturated heterocycles. The Morgan fingerprint density at radius 1 is 0.431 bits per heavy atom. The van der Waals surface area contributed by atoms with Crippen LogP contribution in [-0.4, -0.2) is 154 Å². The Labute approximate surface area is 410 Å². The standard InChI is InChI=1S/C55H48O17/c1-70-50-54(68,45(63)37-30-18-7-19-31-37)55(69,53(67,44(62)36-28-16-6-17-29-36)47(72-50)41(59)39(57)33-22-10-3-11-23-33)49-52(66,43(61)35-26-14-5-15-27-35)48(64)51(65,42(60)34-24-12-4-13-25-34)46(71-49)40(58)38(56)32-20-8-2-9-21-32/h2-31,40-41,46-50,58-59,64-69H,1H3/t40?,41?,46-,47-,48+,49-,50+,51-,52+,53-,54-,55+/m1/s1. The van der Waals surface area contributed by atoms with Gasteiger partial charge in [-0.1, -0.05) is 182 Å². The van der Waals surface area contributed by atoms with E-state index in [2.05, 4.69) is 0 Å². The van der Waals surface area contributed by atoms with Gasteiger partial charge in [0.05, 0.1) is 0 Å². The lowest BCUT2D eigenvalue weighted by Gasteiger charge is -2.65. The third kappa shape index (κ3) is 7.88. The van der Waals surface area contributed by atoms with Crippen molar-refractivity contribution >= 4 is 34.7 Å². The summed E-state index contributed by atoms with van der Waals surface area (Å²) >= 11 is 0. The molecule has 8 N–H and O–H groups in total. The molecule has 0 aliphatic carbocycles. The SMILES string of the molecule is CO[C@H]1O[C@H](C(O)C(=O)c2ccccc2)[C@](O)(C(=O)c2ccccc2)[C@@](O)([C@@H]2O[C@H](C(O)C(=O)c3ccccc3)[C@](O)(C(=O)c3ccccc3)[C@H](O)[C@@]2(O)C(=O)c2ccccc2)[C@@]1(O)C(=O)c1ccccc1. The van der Waals surface area contributed by atoms with Gasteiger partial charge in [-0.25, -0.2) is 0 Å². The van der Waals surface area contributed by atoms with Crippen LogP contribution in [0.2, 0.25) is 0 Å². The van der Waals surface area contributed by atoms with Crippen LogP contribution >= 0.6 is 0 Å². The zero-order valence-corrected chi connectivity index (χ0v) is 38.1. The van der Waals surface area contributed by atoms with Crippen molar-refractivity contribution < 1.29 is 83.8 Å². The quantitative estimate of drug-likeness (QED) is 0.0645. The number of carbonyl (C=O) groups is 6. The average Bonchev–Trinajstić information content (AvgIpc) is 3.43. The Hall–Kier alpha value is -7.10. The number of aliphatic hydroxyl groups excluding tert-OH is 3. The van der Waals surface area contributed by atoms with Crippen molar-refractivity contribution in [3.05, 3.63) is 215 Å². The highest BCUT2D eigenvalue weighted by Crippen LogP contribution is 2.57. The maximum atomic E-state index is 15.7. The molecule has 0 radical (unpaired) electrons. The molecule has 0 bridgehead atoms. The van der Waals surface area contributed by atoms with Gasteiger partial charge in [-0.3, -0.25) is 28.8 Å². The minimum Gasteiger partial charge on any atom is -0.386 e. The second-order valence-electron chi connectivity index (χ2n) is 17.5. The van der Waals surface area contributed by atoms with Crippen LogP contribution in [0.3, 0.4) is 0 Å². The summed E-state index contributed by atoms with van der Waals surface area (Å²) in [6, 6.07) is 38.1. The van der Waals surface area contributed by atoms with Crippen LogP contribution in [0.5, 0.6) is 0 Å². The third-order valence-electron chi connectivity index (χ3n) is 13.5. The number of aliphatic hydroxyl groups is 8. The lowest BCUT2D eigenvalue weighted by molar-refractivity contribution is -0.417. The molecule has 17 heteroatoms.